The molecule has 1 aliphatic rings. The fourth-order valence-corrected chi connectivity index (χ4v) is 2.46. The Morgan fingerprint density at radius 1 is 1.40 bits per heavy atom. The molecule has 0 aliphatic carbocycles. The van der Waals surface area contributed by atoms with Crippen LogP contribution in [0.3, 0.4) is 0 Å². The standard InChI is InChI=1S/C15H23N3O.ClH/c1-3-15(2)6-8-18(9-7-15)14(19)10-13-5-4-12(16)11-17-13;/h4-5,11H,3,6-10,16H2,1-2H3;1H. The van der Waals surface area contributed by atoms with E-state index < -0.39 is 0 Å². The number of aromatic nitrogens is 1. The summed E-state index contributed by atoms with van der Waals surface area (Å²) in [5.41, 5.74) is 7.43. The largest absolute Gasteiger partial charge is 0.397 e. The second-order valence-electron chi connectivity index (χ2n) is 5.80. The lowest BCUT2D eigenvalue weighted by molar-refractivity contribution is -0.132. The number of nitrogen functional groups attached to an aromatic ring is 1. The van der Waals surface area contributed by atoms with Gasteiger partial charge in [-0.05, 0) is 30.4 Å². The summed E-state index contributed by atoms with van der Waals surface area (Å²) in [6.07, 6.45) is 5.37. The summed E-state index contributed by atoms with van der Waals surface area (Å²) in [5, 5.41) is 0. The second-order valence-corrected chi connectivity index (χ2v) is 5.80. The summed E-state index contributed by atoms with van der Waals surface area (Å²) in [7, 11) is 0. The highest BCUT2D eigenvalue weighted by atomic mass is 35.5. The van der Waals surface area contributed by atoms with Crippen LogP contribution in [0.5, 0.6) is 0 Å². The van der Waals surface area contributed by atoms with Crippen molar-refractivity contribution in [2.45, 2.75) is 39.5 Å². The molecule has 1 aromatic rings. The van der Waals surface area contributed by atoms with Crippen molar-refractivity contribution in [3.63, 3.8) is 0 Å². The molecule has 0 spiro atoms. The third kappa shape index (κ3) is 4.10. The van der Waals surface area contributed by atoms with Crippen LogP contribution in [-0.2, 0) is 11.2 Å². The molecule has 1 aromatic heterocycles. The van der Waals surface area contributed by atoms with Crippen LogP contribution in [0.2, 0.25) is 0 Å². The van der Waals surface area contributed by atoms with E-state index in [1.54, 1.807) is 12.3 Å². The number of nitrogens with two attached hydrogens (primary N) is 1. The Kier molecular flexibility index (Phi) is 5.81. The first-order chi connectivity index (χ1) is 9.02. The topological polar surface area (TPSA) is 59.2 Å². The molecular formula is C15H24ClN3O. The average molecular weight is 298 g/mol. The number of amides is 1. The van der Waals surface area contributed by atoms with Gasteiger partial charge in [0.1, 0.15) is 0 Å². The quantitative estimate of drug-likeness (QED) is 0.933. The minimum atomic E-state index is 0. The van der Waals surface area contributed by atoms with Crippen LogP contribution in [0.1, 0.15) is 38.8 Å². The summed E-state index contributed by atoms with van der Waals surface area (Å²) in [4.78, 5) is 18.4. The number of pyridine rings is 1. The molecule has 1 aliphatic heterocycles. The van der Waals surface area contributed by atoms with Gasteiger partial charge in [-0.2, -0.15) is 0 Å². The summed E-state index contributed by atoms with van der Waals surface area (Å²) in [6.45, 7) is 6.29. The van der Waals surface area contributed by atoms with Gasteiger partial charge in [0.05, 0.1) is 18.3 Å². The van der Waals surface area contributed by atoms with E-state index in [0.717, 1.165) is 31.6 Å². The van der Waals surface area contributed by atoms with E-state index in [1.807, 2.05) is 11.0 Å². The predicted molar refractivity (Wildman–Crippen MR) is 83.8 cm³/mol. The van der Waals surface area contributed by atoms with Crippen LogP contribution in [0.4, 0.5) is 5.69 Å². The molecule has 0 radical (unpaired) electrons. The van der Waals surface area contributed by atoms with E-state index in [9.17, 15) is 4.79 Å². The van der Waals surface area contributed by atoms with Crippen molar-refractivity contribution in [1.82, 2.24) is 9.88 Å². The molecule has 1 saturated heterocycles. The fourth-order valence-electron chi connectivity index (χ4n) is 2.46. The third-order valence-corrected chi connectivity index (χ3v) is 4.36. The van der Waals surface area contributed by atoms with E-state index in [1.165, 1.54) is 6.42 Å². The van der Waals surface area contributed by atoms with Gasteiger partial charge in [0.2, 0.25) is 5.91 Å². The highest BCUT2D eigenvalue weighted by molar-refractivity contribution is 5.85. The smallest absolute Gasteiger partial charge is 0.228 e. The van der Waals surface area contributed by atoms with E-state index in [-0.39, 0.29) is 18.3 Å². The maximum Gasteiger partial charge on any atom is 0.228 e. The van der Waals surface area contributed by atoms with Gasteiger partial charge in [-0.3, -0.25) is 9.78 Å². The minimum absolute atomic E-state index is 0. The minimum Gasteiger partial charge on any atom is -0.397 e. The van der Waals surface area contributed by atoms with Gasteiger partial charge < -0.3 is 10.6 Å². The first-order valence-corrected chi connectivity index (χ1v) is 7.00. The predicted octanol–water partition coefficient (Wildman–Crippen LogP) is 2.67. The zero-order chi connectivity index (χ0) is 13.9. The molecule has 20 heavy (non-hydrogen) atoms. The van der Waals surface area contributed by atoms with Gasteiger partial charge >= 0.3 is 0 Å². The van der Waals surface area contributed by atoms with Crippen molar-refractivity contribution < 1.29 is 4.79 Å². The summed E-state index contributed by atoms with van der Waals surface area (Å²) < 4.78 is 0. The summed E-state index contributed by atoms with van der Waals surface area (Å²) in [5.74, 6) is 0.176. The number of rotatable bonds is 3. The first kappa shape index (κ1) is 16.8. The van der Waals surface area contributed by atoms with Crippen molar-refractivity contribution in [3.05, 3.63) is 24.0 Å². The van der Waals surface area contributed by atoms with Gasteiger partial charge in [-0.15, -0.1) is 12.4 Å². The molecule has 112 valence electrons. The van der Waals surface area contributed by atoms with E-state index in [4.69, 9.17) is 5.73 Å². The lowest BCUT2D eigenvalue weighted by atomic mass is 9.78. The number of carbonyl (C=O) groups is 1. The number of piperidine rings is 1. The lowest BCUT2D eigenvalue weighted by Gasteiger charge is -2.38. The van der Waals surface area contributed by atoms with Gasteiger partial charge in [-0.25, -0.2) is 0 Å². The Morgan fingerprint density at radius 2 is 2.05 bits per heavy atom. The number of carbonyl (C=O) groups excluding carboxylic acids is 1. The normalized spacial score (nSPS) is 17.4. The fraction of sp³-hybridized carbons (Fsp3) is 0.600. The molecule has 4 nitrogen and oxygen atoms in total. The van der Waals surface area contributed by atoms with Gasteiger partial charge in [0.25, 0.3) is 0 Å². The van der Waals surface area contributed by atoms with Gasteiger partial charge in [0.15, 0.2) is 0 Å². The van der Waals surface area contributed by atoms with Crippen LogP contribution in [0.15, 0.2) is 18.3 Å². The third-order valence-electron chi connectivity index (χ3n) is 4.36. The Hall–Kier alpha value is -1.29. The SMILES string of the molecule is CCC1(C)CCN(C(=O)Cc2ccc(N)cn2)CC1.Cl. The van der Waals surface area contributed by atoms with Crippen LogP contribution in [-0.4, -0.2) is 28.9 Å². The molecule has 0 unspecified atom stereocenters. The highest BCUT2D eigenvalue weighted by Gasteiger charge is 2.30. The van der Waals surface area contributed by atoms with Crippen molar-refractivity contribution in [2.24, 2.45) is 5.41 Å². The summed E-state index contributed by atoms with van der Waals surface area (Å²) >= 11 is 0. The number of anilines is 1. The Bertz CT molecular complexity index is 439. The van der Waals surface area contributed by atoms with E-state index in [2.05, 4.69) is 18.8 Å². The van der Waals surface area contributed by atoms with Gasteiger partial charge in [-0.1, -0.05) is 20.3 Å². The molecule has 2 N–H and O–H groups in total. The van der Waals surface area contributed by atoms with Crippen LogP contribution in [0, 0.1) is 5.41 Å². The lowest BCUT2D eigenvalue weighted by Crippen LogP contribution is -2.42. The number of nitrogens with zero attached hydrogens (tertiary/aromatic N) is 2. The molecular weight excluding hydrogens is 274 g/mol. The maximum absolute atomic E-state index is 12.2. The van der Waals surface area contributed by atoms with Crippen LogP contribution >= 0.6 is 12.4 Å². The number of likely N-dealkylation sites (tertiary alicyclic amines) is 1. The number of halogens is 1. The number of hydrogen-bond donors (Lipinski definition) is 1. The van der Waals surface area contributed by atoms with Crippen molar-refractivity contribution in [2.75, 3.05) is 18.8 Å². The monoisotopic (exact) mass is 297 g/mol. The Balaban J connectivity index is 0.00000200. The first-order valence-electron chi connectivity index (χ1n) is 7.00. The average Bonchev–Trinajstić information content (AvgIpc) is 2.42. The Morgan fingerprint density at radius 3 is 2.55 bits per heavy atom. The zero-order valence-electron chi connectivity index (χ0n) is 12.3. The second kappa shape index (κ2) is 6.93. The van der Waals surface area contributed by atoms with Gasteiger partial charge in [0, 0.05) is 18.8 Å². The molecule has 5 heteroatoms. The maximum atomic E-state index is 12.2. The highest BCUT2D eigenvalue weighted by Crippen LogP contribution is 2.33. The molecule has 1 amide bonds. The molecule has 0 saturated carbocycles. The van der Waals surface area contributed by atoms with Crippen LogP contribution in [0.25, 0.3) is 0 Å². The Labute approximate surface area is 127 Å². The molecule has 0 bridgehead atoms. The molecule has 2 heterocycles. The molecule has 0 aromatic carbocycles. The summed E-state index contributed by atoms with van der Waals surface area (Å²) in [6, 6.07) is 3.62. The molecule has 2 rings (SSSR count). The van der Waals surface area contributed by atoms with E-state index >= 15 is 0 Å². The van der Waals surface area contributed by atoms with E-state index in [0.29, 0.717) is 17.5 Å². The molecule has 0 atom stereocenters. The zero-order valence-corrected chi connectivity index (χ0v) is 13.1. The number of hydrogen-bond acceptors (Lipinski definition) is 3. The van der Waals surface area contributed by atoms with Crippen molar-refractivity contribution >= 4 is 24.0 Å². The molecule has 1 fully saturated rings. The van der Waals surface area contributed by atoms with Crippen molar-refractivity contribution in [3.8, 4) is 0 Å². The van der Waals surface area contributed by atoms with Crippen LogP contribution < -0.4 is 5.73 Å². The van der Waals surface area contributed by atoms with Crippen molar-refractivity contribution in [1.29, 1.82) is 0 Å².